The Morgan fingerprint density at radius 2 is 1.85 bits per heavy atom. The van der Waals surface area contributed by atoms with Crippen LogP contribution in [0.3, 0.4) is 0 Å². The molecular formula is C18H23ClF4N2O. The van der Waals surface area contributed by atoms with Gasteiger partial charge in [0.1, 0.15) is 5.82 Å². The fourth-order valence-electron chi connectivity index (χ4n) is 3.74. The van der Waals surface area contributed by atoms with Crippen LogP contribution in [0.25, 0.3) is 0 Å². The van der Waals surface area contributed by atoms with Gasteiger partial charge in [-0.2, -0.15) is 13.2 Å². The van der Waals surface area contributed by atoms with Crippen LogP contribution in [0.5, 0.6) is 0 Å². The zero-order chi connectivity index (χ0) is 18.0. The van der Waals surface area contributed by atoms with E-state index in [0.29, 0.717) is 12.0 Å². The third-order valence-electron chi connectivity index (χ3n) is 5.20. The summed E-state index contributed by atoms with van der Waals surface area (Å²) in [7, 11) is 0. The normalized spacial score (nSPS) is 22.0. The van der Waals surface area contributed by atoms with E-state index in [0.717, 1.165) is 25.9 Å². The molecule has 0 bridgehead atoms. The molecule has 1 aromatic rings. The third-order valence-corrected chi connectivity index (χ3v) is 5.20. The summed E-state index contributed by atoms with van der Waals surface area (Å²) < 4.78 is 53.2. The molecule has 2 aliphatic rings. The van der Waals surface area contributed by atoms with Gasteiger partial charge in [0.2, 0.25) is 0 Å². The molecule has 1 atom stereocenters. The first-order valence-electron chi connectivity index (χ1n) is 8.72. The fourth-order valence-corrected chi connectivity index (χ4v) is 3.74. The predicted octanol–water partition coefficient (Wildman–Crippen LogP) is 4.13. The minimum absolute atomic E-state index is 0. The minimum atomic E-state index is -4.30. The molecule has 1 amide bonds. The molecule has 2 fully saturated rings. The van der Waals surface area contributed by atoms with Gasteiger partial charge in [-0.1, -0.05) is 6.07 Å². The van der Waals surface area contributed by atoms with E-state index in [2.05, 4.69) is 5.32 Å². The van der Waals surface area contributed by atoms with Crippen LogP contribution in [0.2, 0.25) is 0 Å². The highest BCUT2D eigenvalue weighted by Gasteiger charge is 2.42. The topological polar surface area (TPSA) is 32.3 Å². The number of alkyl halides is 3. The van der Waals surface area contributed by atoms with Crippen molar-refractivity contribution in [1.82, 2.24) is 10.2 Å². The lowest BCUT2D eigenvalue weighted by Crippen LogP contribution is -2.44. The second-order valence-corrected chi connectivity index (χ2v) is 6.89. The maximum Gasteiger partial charge on any atom is 0.393 e. The van der Waals surface area contributed by atoms with Crippen LogP contribution in [-0.4, -0.2) is 43.2 Å². The highest BCUT2D eigenvalue weighted by Crippen LogP contribution is 2.34. The highest BCUT2D eigenvalue weighted by molar-refractivity contribution is 5.94. The molecule has 0 aromatic heterocycles. The Morgan fingerprint density at radius 3 is 2.46 bits per heavy atom. The smallest absolute Gasteiger partial charge is 0.338 e. The minimum Gasteiger partial charge on any atom is -0.338 e. The average molecular weight is 395 g/mol. The number of hydrogen-bond donors (Lipinski definition) is 1. The molecule has 1 N–H and O–H groups in total. The number of rotatable bonds is 2. The van der Waals surface area contributed by atoms with E-state index in [1.54, 1.807) is 12.1 Å². The second-order valence-electron chi connectivity index (χ2n) is 6.89. The maximum atomic E-state index is 14.5. The van der Waals surface area contributed by atoms with Crippen LogP contribution in [0.4, 0.5) is 17.6 Å². The SMILES string of the molecule is Cl.O=C(c1ccc(C2CCNCC2)c(F)c1)N1CCCC(C(F)(F)F)C1. The number of benzene rings is 1. The van der Waals surface area contributed by atoms with Gasteiger partial charge in [0.25, 0.3) is 5.91 Å². The fraction of sp³-hybridized carbons (Fsp3) is 0.611. The molecule has 0 aliphatic carbocycles. The van der Waals surface area contributed by atoms with Crippen molar-refractivity contribution in [3.63, 3.8) is 0 Å². The van der Waals surface area contributed by atoms with Crippen LogP contribution in [0, 0.1) is 11.7 Å². The number of carbonyl (C=O) groups is 1. The van der Waals surface area contributed by atoms with E-state index < -0.39 is 23.8 Å². The Kier molecular flexibility index (Phi) is 6.91. The highest BCUT2D eigenvalue weighted by atomic mass is 35.5. The first-order chi connectivity index (χ1) is 11.9. The Labute approximate surface area is 156 Å². The Balaban J connectivity index is 0.00000243. The van der Waals surface area contributed by atoms with Gasteiger partial charge >= 0.3 is 6.18 Å². The summed E-state index contributed by atoms with van der Waals surface area (Å²) in [6.45, 7) is 1.60. The average Bonchev–Trinajstić information content (AvgIpc) is 2.61. The van der Waals surface area contributed by atoms with Crippen LogP contribution in [0.1, 0.15) is 47.5 Å². The molecule has 146 valence electrons. The van der Waals surface area contributed by atoms with E-state index in [1.807, 2.05) is 0 Å². The molecule has 3 rings (SSSR count). The van der Waals surface area contributed by atoms with Crippen LogP contribution in [0.15, 0.2) is 18.2 Å². The molecule has 2 heterocycles. The van der Waals surface area contributed by atoms with E-state index >= 15 is 0 Å². The van der Waals surface area contributed by atoms with Gasteiger partial charge < -0.3 is 10.2 Å². The first kappa shape index (κ1) is 21.0. The predicted molar refractivity (Wildman–Crippen MR) is 93.2 cm³/mol. The monoisotopic (exact) mass is 394 g/mol. The van der Waals surface area contributed by atoms with E-state index in [4.69, 9.17) is 0 Å². The van der Waals surface area contributed by atoms with Crippen molar-refractivity contribution in [2.75, 3.05) is 26.2 Å². The van der Waals surface area contributed by atoms with Gasteiger partial charge in [0.05, 0.1) is 5.92 Å². The summed E-state index contributed by atoms with van der Waals surface area (Å²) in [5.74, 6) is -2.34. The summed E-state index contributed by atoms with van der Waals surface area (Å²) in [5, 5.41) is 3.22. The van der Waals surface area contributed by atoms with Crippen molar-refractivity contribution in [2.45, 2.75) is 37.8 Å². The number of hydrogen-bond acceptors (Lipinski definition) is 2. The van der Waals surface area contributed by atoms with Crippen LogP contribution < -0.4 is 5.32 Å². The third kappa shape index (κ3) is 4.68. The van der Waals surface area contributed by atoms with Gasteiger partial charge in [-0.3, -0.25) is 4.79 Å². The number of nitrogens with one attached hydrogen (secondary N) is 1. The number of nitrogens with zero attached hydrogens (tertiary/aromatic N) is 1. The molecular weight excluding hydrogens is 372 g/mol. The van der Waals surface area contributed by atoms with Crippen molar-refractivity contribution in [1.29, 1.82) is 0 Å². The number of halogens is 5. The summed E-state index contributed by atoms with van der Waals surface area (Å²) in [6.07, 6.45) is -2.28. The molecule has 0 radical (unpaired) electrons. The Morgan fingerprint density at radius 1 is 1.15 bits per heavy atom. The largest absolute Gasteiger partial charge is 0.393 e. The summed E-state index contributed by atoms with van der Waals surface area (Å²) >= 11 is 0. The lowest BCUT2D eigenvalue weighted by molar-refractivity contribution is -0.184. The van der Waals surface area contributed by atoms with Crippen molar-refractivity contribution in [2.24, 2.45) is 5.92 Å². The molecule has 8 heteroatoms. The summed E-state index contributed by atoms with van der Waals surface area (Å²) in [6, 6.07) is 4.33. The molecule has 2 saturated heterocycles. The van der Waals surface area contributed by atoms with Crippen molar-refractivity contribution >= 4 is 18.3 Å². The van der Waals surface area contributed by atoms with Crippen LogP contribution in [-0.2, 0) is 0 Å². The summed E-state index contributed by atoms with van der Waals surface area (Å²) in [4.78, 5) is 13.7. The quantitative estimate of drug-likeness (QED) is 0.765. The van der Waals surface area contributed by atoms with Crippen molar-refractivity contribution in [3.05, 3.63) is 35.1 Å². The van der Waals surface area contributed by atoms with Crippen molar-refractivity contribution < 1.29 is 22.4 Å². The second kappa shape index (κ2) is 8.57. The number of carbonyl (C=O) groups excluding carboxylic acids is 1. The Bertz CT molecular complexity index is 632. The summed E-state index contributed by atoms with van der Waals surface area (Å²) in [5.41, 5.74) is 0.711. The van der Waals surface area contributed by atoms with E-state index in [-0.39, 0.29) is 43.4 Å². The molecule has 1 aromatic carbocycles. The molecule has 2 aliphatic heterocycles. The van der Waals surface area contributed by atoms with Gasteiger partial charge in [0.15, 0.2) is 0 Å². The molecule has 1 unspecified atom stereocenters. The first-order valence-corrected chi connectivity index (χ1v) is 8.72. The maximum absolute atomic E-state index is 14.5. The lowest BCUT2D eigenvalue weighted by Gasteiger charge is -2.34. The Hall–Kier alpha value is -1.34. The molecule has 0 spiro atoms. The zero-order valence-electron chi connectivity index (χ0n) is 14.3. The van der Waals surface area contributed by atoms with Gasteiger partial charge in [-0.15, -0.1) is 12.4 Å². The molecule has 3 nitrogen and oxygen atoms in total. The molecule has 26 heavy (non-hydrogen) atoms. The number of likely N-dealkylation sites (tertiary alicyclic amines) is 1. The van der Waals surface area contributed by atoms with Gasteiger partial charge in [-0.25, -0.2) is 4.39 Å². The number of piperidine rings is 2. The van der Waals surface area contributed by atoms with E-state index in [1.165, 1.54) is 11.0 Å². The van der Waals surface area contributed by atoms with Gasteiger partial charge in [-0.05, 0) is 62.4 Å². The molecule has 0 saturated carbocycles. The van der Waals surface area contributed by atoms with E-state index in [9.17, 15) is 22.4 Å². The number of amides is 1. The van der Waals surface area contributed by atoms with Gasteiger partial charge in [0, 0.05) is 18.7 Å². The van der Waals surface area contributed by atoms with Crippen LogP contribution >= 0.6 is 12.4 Å². The lowest BCUT2D eigenvalue weighted by atomic mass is 9.89. The van der Waals surface area contributed by atoms with Crippen molar-refractivity contribution in [3.8, 4) is 0 Å². The zero-order valence-corrected chi connectivity index (χ0v) is 15.1. The standard InChI is InChI=1S/C18H22F4N2O.ClH/c19-16-10-13(3-4-15(16)12-5-7-23-8-6-12)17(25)24-9-1-2-14(11-24)18(20,21)22;/h3-4,10,12,14,23H,1-2,5-9,11H2;1H.